The van der Waals surface area contributed by atoms with E-state index in [1.54, 1.807) is 0 Å². The number of piperazine rings is 1. The molecule has 5 heteroatoms. The number of rotatable bonds is 6. The molecule has 1 fully saturated rings. The van der Waals surface area contributed by atoms with Crippen molar-refractivity contribution in [2.45, 2.75) is 39.3 Å². The lowest BCUT2D eigenvalue weighted by Crippen LogP contribution is -2.48. The summed E-state index contributed by atoms with van der Waals surface area (Å²) in [5.41, 5.74) is 2.17. The van der Waals surface area contributed by atoms with E-state index in [2.05, 4.69) is 41.1 Å². The van der Waals surface area contributed by atoms with E-state index in [0.29, 0.717) is 12.5 Å². The van der Waals surface area contributed by atoms with Gasteiger partial charge in [-0.15, -0.1) is 0 Å². The van der Waals surface area contributed by atoms with Crippen molar-refractivity contribution in [2.24, 2.45) is 0 Å². The molecule has 1 aromatic carbocycles. The van der Waals surface area contributed by atoms with Gasteiger partial charge in [0.1, 0.15) is 6.04 Å². The molecule has 0 bridgehead atoms. The van der Waals surface area contributed by atoms with Crippen LogP contribution in [0.1, 0.15) is 27.2 Å². The second-order valence-corrected chi connectivity index (χ2v) is 6.30. The zero-order valence-corrected chi connectivity index (χ0v) is 14.7. The maximum Gasteiger partial charge on any atom is 0.328 e. The molecule has 0 amide bonds. The highest BCUT2D eigenvalue weighted by Crippen LogP contribution is 2.22. The summed E-state index contributed by atoms with van der Waals surface area (Å²) in [5.74, 6) is -0.219. The smallest absolute Gasteiger partial charge is 0.328 e. The average Bonchev–Trinajstić information content (AvgIpc) is 2.59. The number of nitrogens with zero attached hydrogens (tertiary/aromatic N) is 2. The van der Waals surface area contributed by atoms with Crippen LogP contribution in [0.15, 0.2) is 24.3 Å². The number of hydrogen-bond acceptors (Lipinski definition) is 5. The molecule has 1 aliphatic heterocycles. The number of esters is 1. The zero-order valence-electron chi connectivity index (χ0n) is 14.7. The van der Waals surface area contributed by atoms with Gasteiger partial charge in [-0.1, -0.05) is 13.0 Å². The largest absolute Gasteiger partial charge is 0.467 e. The Kier molecular flexibility index (Phi) is 6.28. The van der Waals surface area contributed by atoms with Gasteiger partial charge in [0.15, 0.2) is 0 Å². The van der Waals surface area contributed by atoms with Gasteiger partial charge in [-0.05, 0) is 38.5 Å². The summed E-state index contributed by atoms with van der Waals surface area (Å²) in [6.07, 6.45) is 0.698. The minimum atomic E-state index is -0.298. The Morgan fingerprint density at radius 3 is 2.52 bits per heavy atom. The number of carbonyl (C=O) groups excluding carboxylic acids is 1. The first-order valence-corrected chi connectivity index (χ1v) is 8.48. The first-order chi connectivity index (χ1) is 11.0. The van der Waals surface area contributed by atoms with Crippen LogP contribution in [0.5, 0.6) is 0 Å². The summed E-state index contributed by atoms with van der Waals surface area (Å²) in [5, 5.41) is 3.27. The number of nitrogens with one attached hydrogen (secondary N) is 1. The zero-order chi connectivity index (χ0) is 16.8. The van der Waals surface area contributed by atoms with Crippen LogP contribution in [0.2, 0.25) is 0 Å². The Bertz CT molecular complexity index is 511. The van der Waals surface area contributed by atoms with Gasteiger partial charge in [-0.3, -0.25) is 4.90 Å². The van der Waals surface area contributed by atoms with Crippen LogP contribution in [0.25, 0.3) is 0 Å². The van der Waals surface area contributed by atoms with Crippen LogP contribution in [-0.4, -0.2) is 56.2 Å². The molecule has 1 atom stereocenters. The molecular formula is C18H29N3O2. The molecule has 0 spiro atoms. The van der Waals surface area contributed by atoms with Gasteiger partial charge in [-0.2, -0.15) is 0 Å². The molecule has 1 N–H and O–H groups in total. The summed E-state index contributed by atoms with van der Waals surface area (Å²) in [4.78, 5) is 16.6. The molecular weight excluding hydrogens is 290 g/mol. The van der Waals surface area contributed by atoms with Crippen molar-refractivity contribution < 1.29 is 9.53 Å². The molecule has 128 valence electrons. The maximum atomic E-state index is 11.7. The van der Waals surface area contributed by atoms with Gasteiger partial charge in [0.2, 0.25) is 0 Å². The van der Waals surface area contributed by atoms with Crippen LogP contribution >= 0.6 is 0 Å². The summed E-state index contributed by atoms with van der Waals surface area (Å²) >= 11 is 0. The van der Waals surface area contributed by atoms with E-state index in [4.69, 9.17) is 4.74 Å². The van der Waals surface area contributed by atoms with E-state index >= 15 is 0 Å². The monoisotopic (exact) mass is 319 g/mol. The Morgan fingerprint density at radius 1 is 1.26 bits per heavy atom. The van der Waals surface area contributed by atoms with Crippen molar-refractivity contribution in [3.8, 4) is 0 Å². The molecule has 1 aromatic rings. The fraction of sp³-hybridized carbons (Fsp3) is 0.611. The van der Waals surface area contributed by atoms with Crippen molar-refractivity contribution in [3.63, 3.8) is 0 Å². The SMILES string of the molecule is CCC(Nc1cccc(N2CCN(C(C)C)CC2)c1)C(=O)OC. The van der Waals surface area contributed by atoms with E-state index in [1.807, 2.05) is 19.1 Å². The molecule has 0 aliphatic carbocycles. The molecule has 23 heavy (non-hydrogen) atoms. The molecule has 1 saturated heterocycles. The van der Waals surface area contributed by atoms with Crippen molar-refractivity contribution in [1.82, 2.24) is 4.90 Å². The lowest BCUT2D eigenvalue weighted by Gasteiger charge is -2.38. The van der Waals surface area contributed by atoms with Gasteiger partial charge in [0.05, 0.1) is 7.11 Å². The molecule has 0 radical (unpaired) electrons. The van der Waals surface area contributed by atoms with Gasteiger partial charge in [-0.25, -0.2) is 4.79 Å². The number of ether oxygens (including phenoxy) is 1. The summed E-state index contributed by atoms with van der Waals surface area (Å²) in [6, 6.07) is 8.60. The van der Waals surface area contributed by atoms with E-state index in [0.717, 1.165) is 31.9 Å². The first-order valence-electron chi connectivity index (χ1n) is 8.48. The van der Waals surface area contributed by atoms with Crippen LogP contribution in [-0.2, 0) is 9.53 Å². The summed E-state index contributed by atoms with van der Waals surface area (Å²) < 4.78 is 4.84. The fourth-order valence-electron chi connectivity index (χ4n) is 2.96. The van der Waals surface area contributed by atoms with E-state index in [-0.39, 0.29) is 12.0 Å². The van der Waals surface area contributed by atoms with Gasteiger partial charge < -0.3 is 15.0 Å². The van der Waals surface area contributed by atoms with Crippen LogP contribution in [0, 0.1) is 0 Å². The van der Waals surface area contributed by atoms with Crippen LogP contribution < -0.4 is 10.2 Å². The van der Waals surface area contributed by atoms with E-state index in [9.17, 15) is 4.79 Å². The van der Waals surface area contributed by atoms with Gasteiger partial charge >= 0.3 is 5.97 Å². The normalized spacial score (nSPS) is 17.2. The third-order valence-electron chi connectivity index (χ3n) is 4.49. The number of anilines is 2. The molecule has 1 heterocycles. The highest BCUT2D eigenvalue weighted by molar-refractivity contribution is 5.79. The van der Waals surface area contributed by atoms with Crippen LogP contribution in [0.3, 0.4) is 0 Å². The molecule has 1 unspecified atom stereocenters. The third kappa shape index (κ3) is 4.61. The minimum absolute atomic E-state index is 0.219. The molecule has 2 rings (SSSR count). The summed E-state index contributed by atoms with van der Waals surface area (Å²) in [6.45, 7) is 10.7. The summed E-state index contributed by atoms with van der Waals surface area (Å²) in [7, 11) is 1.43. The first kappa shape index (κ1) is 17.6. The highest BCUT2D eigenvalue weighted by atomic mass is 16.5. The fourth-order valence-corrected chi connectivity index (χ4v) is 2.96. The Hall–Kier alpha value is -1.75. The lowest BCUT2D eigenvalue weighted by molar-refractivity contribution is -0.141. The highest BCUT2D eigenvalue weighted by Gasteiger charge is 2.20. The number of benzene rings is 1. The van der Waals surface area contributed by atoms with Crippen molar-refractivity contribution >= 4 is 17.3 Å². The van der Waals surface area contributed by atoms with Gasteiger partial charge in [0.25, 0.3) is 0 Å². The maximum absolute atomic E-state index is 11.7. The average molecular weight is 319 g/mol. The molecule has 5 nitrogen and oxygen atoms in total. The minimum Gasteiger partial charge on any atom is -0.467 e. The predicted molar refractivity (Wildman–Crippen MR) is 95.1 cm³/mol. The predicted octanol–water partition coefficient (Wildman–Crippen LogP) is 2.58. The number of carbonyl (C=O) groups is 1. The third-order valence-corrected chi connectivity index (χ3v) is 4.49. The number of hydrogen-bond donors (Lipinski definition) is 1. The topological polar surface area (TPSA) is 44.8 Å². The quantitative estimate of drug-likeness (QED) is 0.817. The van der Waals surface area contributed by atoms with Crippen molar-refractivity contribution in [3.05, 3.63) is 24.3 Å². The van der Waals surface area contributed by atoms with Crippen molar-refractivity contribution in [1.29, 1.82) is 0 Å². The molecule has 0 saturated carbocycles. The van der Waals surface area contributed by atoms with E-state index in [1.165, 1.54) is 12.8 Å². The lowest BCUT2D eigenvalue weighted by atomic mass is 10.1. The van der Waals surface area contributed by atoms with Crippen LogP contribution in [0.4, 0.5) is 11.4 Å². The second kappa shape index (κ2) is 8.20. The van der Waals surface area contributed by atoms with Gasteiger partial charge in [0, 0.05) is 43.6 Å². The van der Waals surface area contributed by atoms with Crippen molar-refractivity contribution in [2.75, 3.05) is 43.5 Å². The number of methoxy groups -OCH3 is 1. The Morgan fingerprint density at radius 2 is 1.96 bits per heavy atom. The molecule has 0 aromatic heterocycles. The standard InChI is InChI=1S/C18H29N3O2/c1-5-17(18(22)23-4)19-15-7-6-8-16(13-15)21-11-9-20(10-12-21)14(2)3/h6-8,13-14,17,19H,5,9-12H2,1-4H3. The second-order valence-electron chi connectivity index (χ2n) is 6.30. The Labute approximate surface area is 139 Å². The Balaban J connectivity index is 2.01. The molecule has 1 aliphatic rings. The van der Waals surface area contributed by atoms with E-state index < -0.39 is 0 Å².